The number of nitro groups is 2. The molecule has 1 aromatic heterocycles. The number of aromatic nitrogens is 1. The Hall–Kier alpha value is -2.23. The second-order valence-corrected chi connectivity index (χ2v) is 6.25. The van der Waals surface area contributed by atoms with Gasteiger partial charge >= 0.3 is 11.4 Å². The summed E-state index contributed by atoms with van der Waals surface area (Å²) in [5, 5.41) is 20.4. The lowest BCUT2D eigenvalue weighted by Gasteiger charge is -1.95. The summed E-state index contributed by atoms with van der Waals surface area (Å²) in [7, 11) is 0. The summed E-state index contributed by atoms with van der Waals surface area (Å²) in [6, 6.07) is 11.6. The van der Waals surface area contributed by atoms with Crippen molar-refractivity contribution in [2.75, 3.05) is 0 Å². The highest BCUT2D eigenvalue weighted by Crippen LogP contribution is 2.33. The Balaban J connectivity index is 0.000000172. The maximum atomic E-state index is 10.4. The predicted molar refractivity (Wildman–Crippen MR) is 91.6 cm³/mol. The molecule has 118 valence electrons. The fourth-order valence-electron chi connectivity index (χ4n) is 1.69. The van der Waals surface area contributed by atoms with Gasteiger partial charge in [0.1, 0.15) is 9.36 Å². The lowest BCUT2D eigenvalue weighted by atomic mass is 10.3. The molecule has 3 aromatic rings. The van der Waals surface area contributed by atoms with E-state index in [1.165, 1.54) is 16.8 Å². The highest BCUT2D eigenvalue weighted by Gasteiger charge is 2.26. The van der Waals surface area contributed by atoms with E-state index in [0.717, 1.165) is 15.9 Å². The number of nitro benzene ring substituents is 2. The smallest absolute Gasteiger partial charge is 0.258 e. The fraction of sp³-hybridized carbons (Fsp3) is 0. The molecule has 0 amide bonds. The maximum absolute atomic E-state index is 10.4. The van der Waals surface area contributed by atoms with E-state index in [4.69, 9.17) is 11.6 Å². The normalized spacial score (nSPS) is 10.0. The molecule has 0 spiro atoms. The summed E-state index contributed by atoms with van der Waals surface area (Å²) in [4.78, 5) is 23.2. The molecule has 0 aliphatic heterocycles. The third-order valence-electron chi connectivity index (χ3n) is 2.63. The van der Waals surface area contributed by atoms with Crippen LogP contribution in [-0.4, -0.2) is 14.8 Å². The lowest BCUT2D eigenvalue weighted by Crippen LogP contribution is -1.96. The van der Waals surface area contributed by atoms with Gasteiger partial charge in [-0.15, -0.1) is 24.0 Å². The molecule has 0 atom stereocenters. The second kappa shape index (κ2) is 7.36. The van der Waals surface area contributed by atoms with E-state index in [-0.39, 0.29) is 5.02 Å². The first kappa shape index (κ1) is 17.1. The van der Waals surface area contributed by atoms with E-state index in [2.05, 4.69) is 17.6 Å². The van der Waals surface area contributed by atoms with Gasteiger partial charge in [0, 0.05) is 6.07 Å². The number of nitrogens with zero attached hydrogens (tertiary/aromatic N) is 3. The highest BCUT2D eigenvalue weighted by molar-refractivity contribution is 7.82. The number of hydrogen-bond acceptors (Lipinski definition) is 7. The second-order valence-electron chi connectivity index (χ2n) is 4.09. The highest BCUT2D eigenvalue weighted by atomic mass is 35.5. The zero-order valence-electron chi connectivity index (χ0n) is 11.2. The molecule has 0 saturated carbocycles. The number of thiazole rings is 1. The summed E-state index contributed by atoms with van der Waals surface area (Å²) in [5.41, 5.74) is -0.232. The van der Waals surface area contributed by atoms with Crippen LogP contribution >= 0.6 is 35.6 Å². The van der Waals surface area contributed by atoms with Crippen LogP contribution in [0.1, 0.15) is 0 Å². The van der Waals surface area contributed by atoms with Crippen LogP contribution in [-0.2, 0) is 0 Å². The van der Waals surface area contributed by atoms with Crippen molar-refractivity contribution in [1.29, 1.82) is 0 Å². The molecule has 0 N–H and O–H groups in total. The van der Waals surface area contributed by atoms with Crippen molar-refractivity contribution in [2.24, 2.45) is 0 Å². The third kappa shape index (κ3) is 4.15. The molecular formula is C13H8ClN3O4S2. The van der Waals surface area contributed by atoms with Crippen LogP contribution in [0.25, 0.3) is 10.2 Å². The van der Waals surface area contributed by atoms with Crippen LogP contribution in [0, 0.1) is 20.2 Å². The minimum absolute atomic E-state index is 0.237. The monoisotopic (exact) mass is 369 g/mol. The summed E-state index contributed by atoms with van der Waals surface area (Å²) >= 11 is 11.2. The zero-order chi connectivity index (χ0) is 17.0. The van der Waals surface area contributed by atoms with Crippen LogP contribution in [0.3, 0.4) is 0 Å². The standard InChI is InChI=1S/C7H5NS2.C6H3ClN2O4/c9-7-8-5-3-1-2-4-6(5)10-7;7-4-2-1-3-5(8(10)11)6(4)9(12)13/h1-4H,(H,8,9);1-3H. The molecule has 0 aliphatic carbocycles. The number of halogens is 1. The van der Waals surface area contributed by atoms with Crippen LogP contribution < -0.4 is 0 Å². The van der Waals surface area contributed by atoms with Crippen molar-refractivity contribution in [3.63, 3.8) is 0 Å². The van der Waals surface area contributed by atoms with E-state index >= 15 is 0 Å². The molecule has 10 heteroatoms. The summed E-state index contributed by atoms with van der Waals surface area (Å²) < 4.78 is 2.04. The van der Waals surface area contributed by atoms with E-state index in [1.807, 2.05) is 24.3 Å². The number of hydrogen-bond donors (Lipinski definition) is 1. The maximum Gasteiger partial charge on any atom is 0.364 e. The molecule has 2 aromatic carbocycles. The molecule has 7 nitrogen and oxygen atoms in total. The van der Waals surface area contributed by atoms with Crippen LogP contribution in [0.2, 0.25) is 5.02 Å². The van der Waals surface area contributed by atoms with Gasteiger partial charge in [-0.2, -0.15) is 0 Å². The van der Waals surface area contributed by atoms with Gasteiger partial charge in [-0.25, -0.2) is 4.98 Å². The van der Waals surface area contributed by atoms with E-state index in [0.29, 0.717) is 0 Å². The van der Waals surface area contributed by atoms with Crippen molar-refractivity contribution < 1.29 is 9.85 Å². The van der Waals surface area contributed by atoms with Gasteiger partial charge in [0.05, 0.1) is 20.1 Å². The predicted octanol–water partition coefficient (Wildman–Crippen LogP) is 4.74. The van der Waals surface area contributed by atoms with E-state index in [9.17, 15) is 20.2 Å². The molecule has 0 saturated heterocycles. The average Bonchev–Trinajstić information content (AvgIpc) is 2.87. The fourth-order valence-corrected chi connectivity index (χ4v) is 3.04. The number of rotatable bonds is 2. The minimum atomic E-state index is -0.875. The average molecular weight is 370 g/mol. The SMILES string of the molecule is O=[N+]([O-])c1cccc(Cl)c1[N+](=O)[O-].Sc1nc2ccccc2s1. The lowest BCUT2D eigenvalue weighted by molar-refractivity contribution is -0.422. The van der Waals surface area contributed by atoms with Gasteiger partial charge in [-0.05, 0) is 18.2 Å². The molecule has 0 aliphatic rings. The molecule has 0 bridgehead atoms. The molecule has 3 rings (SSSR count). The largest absolute Gasteiger partial charge is 0.364 e. The van der Waals surface area contributed by atoms with Crippen LogP contribution in [0.15, 0.2) is 46.8 Å². The summed E-state index contributed by atoms with van der Waals surface area (Å²) in [5.74, 6) is 0. The van der Waals surface area contributed by atoms with E-state index in [1.54, 1.807) is 11.3 Å². The van der Waals surface area contributed by atoms with Gasteiger partial charge in [-0.3, -0.25) is 20.2 Å². The van der Waals surface area contributed by atoms with Crippen molar-refractivity contribution in [1.82, 2.24) is 4.98 Å². The summed E-state index contributed by atoms with van der Waals surface area (Å²) in [6.45, 7) is 0. The number of benzene rings is 2. The van der Waals surface area contributed by atoms with Crippen molar-refractivity contribution in [3.8, 4) is 0 Å². The first-order chi connectivity index (χ1) is 10.9. The number of fused-ring (bicyclic) bond motifs is 1. The molecule has 0 unspecified atom stereocenters. The molecular weight excluding hydrogens is 362 g/mol. The Morgan fingerprint density at radius 2 is 1.74 bits per heavy atom. The van der Waals surface area contributed by atoms with Gasteiger partial charge in [-0.1, -0.05) is 29.8 Å². The van der Waals surface area contributed by atoms with Gasteiger partial charge in [0.2, 0.25) is 0 Å². The molecule has 23 heavy (non-hydrogen) atoms. The summed E-state index contributed by atoms with van der Waals surface area (Å²) in [6.07, 6.45) is 0. The van der Waals surface area contributed by atoms with Crippen molar-refractivity contribution in [3.05, 3.63) is 67.7 Å². The van der Waals surface area contributed by atoms with Crippen molar-refractivity contribution in [2.45, 2.75) is 4.34 Å². The molecule has 0 radical (unpaired) electrons. The number of para-hydroxylation sites is 2. The Morgan fingerprint density at radius 3 is 2.30 bits per heavy atom. The topological polar surface area (TPSA) is 99.2 Å². The van der Waals surface area contributed by atoms with Gasteiger partial charge in [0.25, 0.3) is 0 Å². The first-order valence-electron chi connectivity index (χ1n) is 6.02. The Kier molecular flexibility index (Phi) is 5.48. The van der Waals surface area contributed by atoms with Gasteiger partial charge in [0.15, 0.2) is 0 Å². The minimum Gasteiger partial charge on any atom is -0.258 e. The zero-order valence-corrected chi connectivity index (χ0v) is 13.7. The van der Waals surface area contributed by atoms with Crippen LogP contribution in [0.4, 0.5) is 11.4 Å². The van der Waals surface area contributed by atoms with Crippen molar-refractivity contribution >= 4 is 57.2 Å². The Bertz CT molecular complexity index is 852. The Labute approximate surface area is 144 Å². The first-order valence-corrected chi connectivity index (χ1v) is 7.66. The third-order valence-corrected chi connectivity index (χ3v) is 4.15. The number of thiol groups is 1. The molecule has 0 fully saturated rings. The van der Waals surface area contributed by atoms with Gasteiger partial charge < -0.3 is 0 Å². The van der Waals surface area contributed by atoms with E-state index < -0.39 is 21.2 Å². The molecule has 1 heterocycles. The van der Waals surface area contributed by atoms with Crippen LogP contribution in [0.5, 0.6) is 0 Å². The quantitative estimate of drug-likeness (QED) is 0.399. The Morgan fingerprint density at radius 1 is 1.04 bits per heavy atom.